The Kier molecular flexibility index (Phi) is 6.53. The molecule has 1 unspecified atom stereocenters. The molecule has 0 aliphatic heterocycles. The number of aryl methyl sites for hydroxylation is 2. The first kappa shape index (κ1) is 20.8. The molecule has 4 heteroatoms. The maximum atomic E-state index is 12.4. The fourth-order valence-corrected chi connectivity index (χ4v) is 4.27. The van der Waals surface area contributed by atoms with Crippen LogP contribution in [0.5, 0.6) is 0 Å². The summed E-state index contributed by atoms with van der Waals surface area (Å²) >= 11 is 0. The molecule has 0 bridgehead atoms. The Morgan fingerprint density at radius 1 is 1.07 bits per heavy atom. The van der Waals surface area contributed by atoms with Gasteiger partial charge in [-0.1, -0.05) is 30.4 Å². The fraction of sp³-hybridized carbons (Fsp3) is 0.360. The molecule has 29 heavy (non-hydrogen) atoms. The van der Waals surface area contributed by atoms with Crippen LogP contribution in [0.4, 0.5) is 11.4 Å². The van der Waals surface area contributed by atoms with Gasteiger partial charge in [0.05, 0.1) is 11.4 Å². The number of nitrogens with one attached hydrogen (secondary N) is 2. The van der Waals surface area contributed by atoms with E-state index in [9.17, 15) is 9.59 Å². The van der Waals surface area contributed by atoms with E-state index < -0.39 is 0 Å². The van der Waals surface area contributed by atoms with Crippen LogP contribution in [-0.2, 0) is 11.3 Å². The first-order chi connectivity index (χ1) is 13.9. The molecule has 1 atom stereocenters. The molecule has 0 aromatic heterocycles. The van der Waals surface area contributed by atoms with E-state index in [-0.39, 0.29) is 11.7 Å². The quantitative estimate of drug-likeness (QED) is 0.469. The lowest BCUT2D eigenvalue weighted by Gasteiger charge is -2.18. The lowest BCUT2D eigenvalue weighted by atomic mass is 9.91. The van der Waals surface area contributed by atoms with Crippen molar-refractivity contribution in [3.63, 3.8) is 0 Å². The molecule has 2 aromatic carbocycles. The molecule has 3 rings (SSSR count). The number of hydrogen-bond acceptors (Lipinski definition) is 3. The Balaban J connectivity index is 1.75. The molecule has 0 spiro atoms. The van der Waals surface area contributed by atoms with Crippen molar-refractivity contribution in [2.45, 2.75) is 53.5 Å². The van der Waals surface area contributed by atoms with E-state index in [2.05, 4.69) is 35.8 Å². The second kappa shape index (κ2) is 9.08. The van der Waals surface area contributed by atoms with Crippen molar-refractivity contribution in [2.75, 3.05) is 10.6 Å². The Morgan fingerprint density at radius 2 is 1.79 bits per heavy atom. The van der Waals surface area contributed by atoms with Crippen molar-refractivity contribution in [3.8, 4) is 0 Å². The van der Waals surface area contributed by atoms with Crippen molar-refractivity contribution in [1.29, 1.82) is 0 Å². The van der Waals surface area contributed by atoms with Crippen LogP contribution in [0.3, 0.4) is 0 Å². The minimum atomic E-state index is 0.0392. The SMILES string of the molecule is CC(=O)c1c(C)cc(C)c(CNc2ccccc2NC(=O)CC2C=CCC2)c1C. The highest BCUT2D eigenvalue weighted by Gasteiger charge is 2.16. The first-order valence-corrected chi connectivity index (χ1v) is 10.3. The van der Waals surface area contributed by atoms with Gasteiger partial charge in [0, 0.05) is 18.5 Å². The molecule has 152 valence electrons. The standard InChI is InChI=1S/C25H30N2O2/c1-16-13-17(2)25(19(4)28)18(3)21(16)15-26-22-11-7-8-12-23(22)27-24(29)14-20-9-5-6-10-20/h5,7-9,11-13,20,26H,6,10,14-15H2,1-4H3,(H,27,29). The molecule has 0 heterocycles. The number of hydrogen-bond donors (Lipinski definition) is 2. The molecule has 1 amide bonds. The number of ketones is 1. The van der Waals surface area contributed by atoms with Crippen LogP contribution in [0.25, 0.3) is 0 Å². The Hall–Kier alpha value is -2.88. The monoisotopic (exact) mass is 390 g/mol. The normalized spacial score (nSPS) is 15.4. The van der Waals surface area contributed by atoms with Crippen LogP contribution in [-0.4, -0.2) is 11.7 Å². The second-order valence-corrected chi connectivity index (χ2v) is 7.96. The largest absolute Gasteiger partial charge is 0.379 e. The Bertz CT molecular complexity index is 960. The molecule has 4 nitrogen and oxygen atoms in total. The van der Waals surface area contributed by atoms with E-state index in [4.69, 9.17) is 0 Å². The second-order valence-electron chi connectivity index (χ2n) is 7.96. The zero-order chi connectivity index (χ0) is 21.0. The molecular formula is C25H30N2O2. The van der Waals surface area contributed by atoms with Crippen LogP contribution in [0.2, 0.25) is 0 Å². The topological polar surface area (TPSA) is 58.2 Å². The van der Waals surface area contributed by atoms with Gasteiger partial charge in [0.2, 0.25) is 5.91 Å². The van der Waals surface area contributed by atoms with Crippen LogP contribution in [0.1, 0.15) is 58.8 Å². The van der Waals surface area contributed by atoms with Gasteiger partial charge in [0.1, 0.15) is 0 Å². The number of benzene rings is 2. The van der Waals surface area contributed by atoms with Crippen LogP contribution in [0, 0.1) is 26.7 Å². The van der Waals surface area contributed by atoms with Crippen molar-refractivity contribution >= 4 is 23.1 Å². The third-order valence-electron chi connectivity index (χ3n) is 5.70. The number of carbonyl (C=O) groups is 2. The molecule has 2 N–H and O–H groups in total. The van der Waals surface area contributed by atoms with Gasteiger partial charge in [-0.2, -0.15) is 0 Å². The first-order valence-electron chi connectivity index (χ1n) is 10.3. The van der Waals surface area contributed by atoms with E-state index in [1.807, 2.05) is 38.1 Å². The summed E-state index contributed by atoms with van der Waals surface area (Å²) in [7, 11) is 0. The van der Waals surface area contributed by atoms with E-state index in [1.165, 1.54) is 0 Å². The Morgan fingerprint density at radius 3 is 2.45 bits per heavy atom. The molecule has 0 radical (unpaired) electrons. The lowest BCUT2D eigenvalue weighted by molar-refractivity contribution is -0.116. The van der Waals surface area contributed by atoms with E-state index in [0.717, 1.165) is 52.0 Å². The summed E-state index contributed by atoms with van der Waals surface area (Å²) in [6, 6.07) is 9.83. The zero-order valence-corrected chi connectivity index (χ0v) is 17.8. The average molecular weight is 391 g/mol. The van der Waals surface area contributed by atoms with Gasteiger partial charge < -0.3 is 10.6 Å². The van der Waals surface area contributed by atoms with Crippen molar-refractivity contribution in [2.24, 2.45) is 5.92 Å². The maximum absolute atomic E-state index is 12.4. The van der Waals surface area contributed by atoms with Crippen LogP contribution >= 0.6 is 0 Å². The predicted molar refractivity (Wildman–Crippen MR) is 120 cm³/mol. The molecule has 0 saturated carbocycles. The van der Waals surface area contributed by atoms with Crippen LogP contribution in [0.15, 0.2) is 42.5 Å². The number of para-hydroxylation sites is 2. The number of allylic oxidation sites excluding steroid dienone is 2. The highest BCUT2D eigenvalue weighted by molar-refractivity contribution is 5.97. The van der Waals surface area contributed by atoms with Gasteiger partial charge in [-0.15, -0.1) is 0 Å². The van der Waals surface area contributed by atoms with Gasteiger partial charge in [-0.3, -0.25) is 9.59 Å². The number of anilines is 2. The summed E-state index contributed by atoms with van der Waals surface area (Å²) < 4.78 is 0. The number of carbonyl (C=O) groups excluding carboxylic acids is 2. The van der Waals surface area contributed by atoms with Crippen molar-refractivity contribution < 1.29 is 9.59 Å². The number of rotatable bonds is 7. The van der Waals surface area contributed by atoms with E-state index >= 15 is 0 Å². The van der Waals surface area contributed by atoms with Gasteiger partial charge in [0.15, 0.2) is 5.78 Å². The third kappa shape index (κ3) is 4.94. The van der Waals surface area contributed by atoms with Crippen molar-refractivity contribution in [3.05, 3.63) is 70.3 Å². The summed E-state index contributed by atoms with van der Waals surface area (Å²) in [4.78, 5) is 24.5. The molecule has 1 aliphatic rings. The zero-order valence-electron chi connectivity index (χ0n) is 17.8. The van der Waals surface area contributed by atoms with Crippen LogP contribution < -0.4 is 10.6 Å². The van der Waals surface area contributed by atoms with Gasteiger partial charge >= 0.3 is 0 Å². The average Bonchev–Trinajstić information content (AvgIpc) is 3.15. The minimum absolute atomic E-state index is 0.0392. The minimum Gasteiger partial charge on any atom is -0.379 e. The molecule has 2 aromatic rings. The number of amides is 1. The highest BCUT2D eigenvalue weighted by atomic mass is 16.1. The third-order valence-corrected chi connectivity index (χ3v) is 5.70. The van der Waals surface area contributed by atoms with E-state index in [0.29, 0.717) is 18.9 Å². The number of Topliss-reactive ketones (excluding diaryl/α,β-unsaturated/α-hetero) is 1. The lowest BCUT2D eigenvalue weighted by Crippen LogP contribution is -2.16. The maximum Gasteiger partial charge on any atom is 0.225 e. The summed E-state index contributed by atoms with van der Waals surface area (Å²) in [5.41, 5.74) is 6.80. The molecular weight excluding hydrogens is 360 g/mol. The molecule has 1 aliphatic carbocycles. The fourth-order valence-electron chi connectivity index (χ4n) is 4.27. The smallest absolute Gasteiger partial charge is 0.225 e. The van der Waals surface area contributed by atoms with Gasteiger partial charge in [0.25, 0.3) is 0 Å². The summed E-state index contributed by atoms with van der Waals surface area (Å²) in [5.74, 6) is 0.477. The van der Waals surface area contributed by atoms with Crippen molar-refractivity contribution in [1.82, 2.24) is 0 Å². The molecule has 0 fully saturated rings. The highest BCUT2D eigenvalue weighted by Crippen LogP contribution is 2.27. The molecule has 0 saturated heterocycles. The predicted octanol–water partition coefficient (Wildman–Crippen LogP) is 5.72. The summed E-state index contributed by atoms with van der Waals surface area (Å²) in [6.45, 7) is 8.28. The van der Waals surface area contributed by atoms with Gasteiger partial charge in [-0.25, -0.2) is 0 Å². The summed E-state index contributed by atoms with van der Waals surface area (Å²) in [6.07, 6.45) is 6.92. The van der Waals surface area contributed by atoms with Gasteiger partial charge in [-0.05, 0) is 80.8 Å². The summed E-state index contributed by atoms with van der Waals surface area (Å²) in [5, 5.41) is 6.51. The Labute approximate surface area is 173 Å². The van der Waals surface area contributed by atoms with E-state index in [1.54, 1.807) is 6.92 Å².